The summed E-state index contributed by atoms with van der Waals surface area (Å²) in [4.78, 5) is 40.4. The maximum Gasteiger partial charge on any atom is 0.355 e. The van der Waals surface area contributed by atoms with Crippen LogP contribution in [0.4, 0.5) is 0 Å². The fourth-order valence-corrected chi connectivity index (χ4v) is 3.88. The molecule has 2 heterocycles. The number of nitrogens with zero attached hydrogens (tertiary/aromatic N) is 1. The molecule has 0 aliphatic heterocycles. The summed E-state index contributed by atoms with van der Waals surface area (Å²) in [5, 5.41) is 0. The summed E-state index contributed by atoms with van der Waals surface area (Å²) in [6.07, 6.45) is 0. The van der Waals surface area contributed by atoms with Crippen LogP contribution in [0.1, 0.15) is 66.3 Å². The van der Waals surface area contributed by atoms with Crippen LogP contribution < -0.4 is 0 Å². The Bertz CT molecular complexity index is 1180. The van der Waals surface area contributed by atoms with Crippen molar-refractivity contribution < 1.29 is 23.9 Å². The summed E-state index contributed by atoms with van der Waals surface area (Å²) in [7, 11) is 0. The third kappa shape index (κ3) is 4.37. The minimum Gasteiger partial charge on any atom is -0.462 e. The van der Waals surface area contributed by atoms with Crippen LogP contribution in [0.5, 0.6) is 0 Å². The third-order valence-electron chi connectivity index (χ3n) is 5.48. The van der Waals surface area contributed by atoms with Gasteiger partial charge >= 0.3 is 11.9 Å². The summed E-state index contributed by atoms with van der Waals surface area (Å²) in [5.74, 6) is -1.49. The van der Waals surface area contributed by atoms with E-state index in [2.05, 4.69) is 4.98 Å². The van der Waals surface area contributed by atoms with E-state index in [9.17, 15) is 14.4 Å². The Morgan fingerprint density at radius 3 is 2.22 bits per heavy atom. The van der Waals surface area contributed by atoms with Crippen LogP contribution in [0.15, 0.2) is 30.3 Å². The summed E-state index contributed by atoms with van der Waals surface area (Å²) >= 11 is 0. The van der Waals surface area contributed by atoms with Gasteiger partial charge in [0.1, 0.15) is 5.69 Å². The lowest BCUT2D eigenvalue weighted by Crippen LogP contribution is -2.16. The lowest BCUT2D eigenvalue weighted by atomic mass is 10.1. The molecule has 0 amide bonds. The first-order valence-corrected chi connectivity index (χ1v) is 10.5. The molecule has 0 radical (unpaired) electrons. The predicted molar refractivity (Wildman–Crippen MR) is 121 cm³/mol. The van der Waals surface area contributed by atoms with Crippen molar-refractivity contribution in [3.8, 4) is 5.69 Å². The monoisotopic (exact) mass is 436 g/mol. The van der Waals surface area contributed by atoms with Gasteiger partial charge in [-0.3, -0.25) is 4.79 Å². The molecular formula is C25H28N2O5. The summed E-state index contributed by atoms with van der Waals surface area (Å²) < 4.78 is 12.3. The number of carbonyl (C=O) groups excluding carboxylic acids is 3. The van der Waals surface area contributed by atoms with Gasteiger partial charge in [0.15, 0.2) is 6.61 Å². The number of ether oxygens (including phenoxy) is 2. The highest BCUT2D eigenvalue weighted by atomic mass is 16.5. The van der Waals surface area contributed by atoms with Gasteiger partial charge in [-0.05, 0) is 65.3 Å². The van der Waals surface area contributed by atoms with Gasteiger partial charge in [-0.15, -0.1) is 0 Å². The van der Waals surface area contributed by atoms with Gasteiger partial charge in [-0.1, -0.05) is 17.7 Å². The van der Waals surface area contributed by atoms with Crippen molar-refractivity contribution in [2.24, 2.45) is 0 Å². The Hall–Kier alpha value is -3.61. The largest absolute Gasteiger partial charge is 0.462 e. The molecule has 168 valence electrons. The Morgan fingerprint density at radius 2 is 1.59 bits per heavy atom. The van der Waals surface area contributed by atoms with E-state index in [0.717, 1.165) is 22.6 Å². The number of aromatic amines is 1. The number of nitrogens with one attached hydrogen (secondary N) is 1. The van der Waals surface area contributed by atoms with Crippen LogP contribution in [0, 0.1) is 34.6 Å². The number of carbonyl (C=O) groups is 3. The van der Waals surface area contributed by atoms with Gasteiger partial charge in [0.25, 0.3) is 0 Å². The molecule has 0 saturated carbocycles. The lowest BCUT2D eigenvalue weighted by Gasteiger charge is -2.10. The first kappa shape index (κ1) is 23.1. The zero-order chi connectivity index (χ0) is 23.6. The van der Waals surface area contributed by atoms with E-state index >= 15 is 0 Å². The number of H-pyrrole nitrogens is 1. The Labute approximate surface area is 187 Å². The van der Waals surface area contributed by atoms with Crippen molar-refractivity contribution in [3.63, 3.8) is 0 Å². The zero-order valence-corrected chi connectivity index (χ0v) is 19.3. The molecule has 32 heavy (non-hydrogen) atoms. The lowest BCUT2D eigenvalue weighted by molar-refractivity contribution is 0.0468. The second-order valence-electron chi connectivity index (χ2n) is 7.80. The van der Waals surface area contributed by atoms with Crippen LogP contribution in [-0.4, -0.2) is 40.5 Å². The van der Waals surface area contributed by atoms with Crippen molar-refractivity contribution in [2.45, 2.75) is 41.5 Å². The molecule has 7 nitrogen and oxygen atoms in total. The van der Waals surface area contributed by atoms with E-state index in [-0.39, 0.29) is 18.1 Å². The third-order valence-corrected chi connectivity index (χ3v) is 5.48. The average Bonchev–Trinajstić information content (AvgIpc) is 3.21. The molecule has 0 fully saturated rings. The van der Waals surface area contributed by atoms with Gasteiger partial charge < -0.3 is 19.0 Å². The molecule has 0 atom stereocenters. The molecule has 3 aromatic rings. The fourth-order valence-electron chi connectivity index (χ4n) is 3.88. The molecule has 2 aromatic heterocycles. The average molecular weight is 437 g/mol. The van der Waals surface area contributed by atoms with Crippen LogP contribution in [0.2, 0.25) is 0 Å². The van der Waals surface area contributed by atoms with Crippen LogP contribution in [0.3, 0.4) is 0 Å². The first-order valence-electron chi connectivity index (χ1n) is 10.5. The normalized spacial score (nSPS) is 10.8. The number of hydrogen-bond donors (Lipinski definition) is 1. The topological polar surface area (TPSA) is 90.4 Å². The van der Waals surface area contributed by atoms with Gasteiger partial charge in [-0.2, -0.15) is 0 Å². The van der Waals surface area contributed by atoms with Crippen molar-refractivity contribution in [1.82, 2.24) is 9.55 Å². The number of hydrogen-bond acceptors (Lipinski definition) is 5. The van der Waals surface area contributed by atoms with E-state index in [1.807, 2.05) is 49.6 Å². The highest BCUT2D eigenvalue weighted by Crippen LogP contribution is 2.23. The standard InChI is InChI=1S/C25H28N2O5/c1-7-31-24(29)22-16(4)23(26-17(22)5)25(30)32-13-21(28)20-12-15(3)27(18(20)6)19-10-8-14(2)9-11-19/h8-12,26H,7,13H2,1-6H3. The quantitative estimate of drug-likeness (QED) is 0.433. The first-order chi connectivity index (χ1) is 15.1. The molecule has 0 bridgehead atoms. The molecule has 1 aromatic carbocycles. The maximum absolute atomic E-state index is 12.8. The fraction of sp³-hybridized carbons (Fsp3) is 0.320. The summed E-state index contributed by atoms with van der Waals surface area (Å²) in [6.45, 7) is 10.7. The highest BCUT2D eigenvalue weighted by molar-refractivity contribution is 6.02. The highest BCUT2D eigenvalue weighted by Gasteiger charge is 2.25. The van der Waals surface area contributed by atoms with Crippen molar-refractivity contribution in [1.29, 1.82) is 0 Å². The maximum atomic E-state index is 12.8. The smallest absolute Gasteiger partial charge is 0.355 e. The molecule has 0 aliphatic carbocycles. The van der Waals surface area contributed by atoms with Gasteiger partial charge in [0, 0.05) is 28.3 Å². The number of ketones is 1. The Morgan fingerprint density at radius 1 is 0.938 bits per heavy atom. The van der Waals surface area contributed by atoms with Crippen molar-refractivity contribution in [2.75, 3.05) is 13.2 Å². The van der Waals surface area contributed by atoms with Gasteiger partial charge in [-0.25, -0.2) is 9.59 Å². The molecular weight excluding hydrogens is 408 g/mol. The van der Waals surface area contributed by atoms with Crippen molar-refractivity contribution in [3.05, 3.63) is 75.4 Å². The predicted octanol–water partition coefficient (Wildman–Crippen LogP) is 4.56. The number of benzene rings is 1. The molecule has 0 unspecified atom stereocenters. The Balaban J connectivity index is 1.76. The van der Waals surface area contributed by atoms with E-state index in [4.69, 9.17) is 9.47 Å². The second kappa shape index (κ2) is 9.26. The molecule has 0 aliphatic rings. The molecule has 7 heteroatoms. The van der Waals surface area contributed by atoms with Crippen molar-refractivity contribution >= 4 is 17.7 Å². The van der Waals surface area contributed by atoms with Crippen LogP contribution in [0.25, 0.3) is 5.69 Å². The molecule has 0 saturated heterocycles. The second-order valence-corrected chi connectivity index (χ2v) is 7.80. The van der Waals surface area contributed by atoms with E-state index < -0.39 is 18.5 Å². The minimum absolute atomic E-state index is 0.142. The zero-order valence-electron chi connectivity index (χ0n) is 19.3. The summed E-state index contributed by atoms with van der Waals surface area (Å²) in [5.41, 5.74) is 5.72. The van der Waals surface area contributed by atoms with E-state index in [1.54, 1.807) is 26.8 Å². The minimum atomic E-state index is -0.693. The number of esters is 2. The number of Topliss-reactive ketones (excluding diaryl/α,β-unsaturated/α-hetero) is 1. The molecule has 0 spiro atoms. The number of rotatable bonds is 7. The van der Waals surface area contributed by atoms with Crippen LogP contribution in [-0.2, 0) is 9.47 Å². The Kier molecular flexibility index (Phi) is 6.67. The SMILES string of the molecule is CCOC(=O)c1c(C)[nH]c(C(=O)OCC(=O)c2cc(C)n(-c3ccc(C)cc3)c2C)c1C. The number of aryl methyl sites for hydroxylation is 3. The summed E-state index contributed by atoms with van der Waals surface area (Å²) in [6, 6.07) is 9.84. The van der Waals surface area contributed by atoms with Crippen LogP contribution >= 0.6 is 0 Å². The number of aromatic nitrogens is 2. The van der Waals surface area contributed by atoms with Gasteiger partial charge in [0.05, 0.1) is 12.2 Å². The van der Waals surface area contributed by atoms with Gasteiger partial charge in [0.2, 0.25) is 5.78 Å². The van der Waals surface area contributed by atoms with E-state index in [1.165, 1.54) is 0 Å². The molecule has 1 N–H and O–H groups in total. The molecule has 3 rings (SSSR count). The van der Waals surface area contributed by atoms with E-state index in [0.29, 0.717) is 22.4 Å².